The van der Waals surface area contributed by atoms with Crippen LogP contribution in [0.5, 0.6) is 11.5 Å². The Morgan fingerprint density at radius 3 is 2.08 bits per heavy atom. The molecular formula is C22H20O3. The lowest BCUT2D eigenvalue weighted by Crippen LogP contribution is -2.17. The second-order valence-corrected chi connectivity index (χ2v) is 5.90. The molecule has 0 saturated heterocycles. The smallest absolute Gasteiger partial charge is 0.349 e. The van der Waals surface area contributed by atoms with Gasteiger partial charge in [-0.25, -0.2) is 4.79 Å². The average molecular weight is 332 g/mol. The van der Waals surface area contributed by atoms with Crippen molar-refractivity contribution >= 4 is 5.97 Å². The van der Waals surface area contributed by atoms with E-state index in [-0.39, 0.29) is 6.61 Å². The number of hydrogen-bond acceptors (Lipinski definition) is 3. The topological polar surface area (TPSA) is 35.5 Å². The summed E-state index contributed by atoms with van der Waals surface area (Å²) in [5, 5.41) is 0. The van der Waals surface area contributed by atoms with Crippen molar-refractivity contribution in [3.63, 3.8) is 0 Å². The second kappa shape index (κ2) is 7.67. The summed E-state index contributed by atoms with van der Waals surface area (Å²) in [5.41, 5.74) is 4.49. The van der Waals surface area contributed by atoms with Crippen molar-refractivity contribution in [3.8, 4) is 22.6 Å². The molecule has 126 valence electrons. The summed E-state index contributed by atoms with van der Waals surface area (Å²) in [6.07, 6.45) is 0. The van der Waals surface area contributed by atoms with E-state index < -0.39 is 5.97 Å². The van der Waals surface area contributed by atoms with Crippen LogP contribution >= 0.6 is 0 Å². The molecule has 0 N–H and O–H groups in total. The van der Waals surface area contributed by atoms with E-state index in [2.05, 4.69) is 12.1 Å². The molecule has 0 saturated carbocycles. The van der Waals surface area contributed by atoms with Gasteiger partial charge in [0, 0.05) is 0 Å². The molecule has 0 unspecified atom stereocenters. The van der Waals surface area contributed by atoms with Crippen LogP contribution in [0.25, 0.3) is 11.1 Å². The molecule has 3 heteroatoms. The highest BCUT2D eigenvalue weighted by atomic mass is 16.6. The zero-order valence-corrected chi connectivity index (χ0v) is 14.4. The van der Waals surface area contributed by atoms with Crippen molar-refractivity contribution in [2.24, 2.45) is 0 Å². The fourth-order valence-corrected chi connectivity index (χ4v) is 2.45. The van der Waals surface area contributed by atoms with E-state index in [1.54, 1.807) is 6.07 Å². The third-order valence-corrected chi connectivity index (χ3v) is 4.03. The summed E-state index contributed by atoms with van der Waals surface area (Å²) in [4.78, 5) is 11.9. The van der Waals surface area contributed by atoms with E-state index in [4.69, 9.17) is 9.47 Å². The first-order valence-electron chi connectivity index (χ1n) is 8.18. The van der Waals surface area contributed by atoms with Gasteiger partial charge >= 0.3 is 5.97 Å². The molecule has 0 heterocycles. The van der Waals surface area contributed by atoms with Gasteiger partial charge in [-0.05, 0) is 60.4 Å². The number of carbonyl (C=O) groups excluding carboxylic acids is 1. The number of benzene rings is 3. The Kier molecular flexibility index (Phi) is 5.14. The van der Waals surface area contributed by atoms with Gasteiger partial charge in [0.2, 0.25) is 0 Å². The summed E-state index contributed by atoms with van der Waals surface area (Å²) >= 11 is 0. The highest BCUT2D eigenvalue weighted by molar-refractivity contribution is 5.74. The monoisotopic (exact) mass is 332 g/mol. The van der Waals surface area contributed by atoms with E-state index in [9.17, 15) is 4.79 Å². The molecule has 0 aliphatic heterocycles. The molecule has 0 aromatic heterocycles. The van der Waals surface area contributed by atoms with E-state index in [0.29, 0.717) is 11.5 Å². The first-order chi connectivity index (χ1) is 12.1. The number of hydrogen-bond donors (Lipinski definition) is 0. The quantitative estimate of drug-likeness (QED) is 0.489. The Morgan fingerprint density at radius 1 is 0.760 bits per heavy atom. The predicted molar refractivity (Wildman–Crippen MR) is 98.9 cm³/mol. The fourth-order valence-electron chi connectivity index (χ4n) is 2.45. The molecule has 25 heavy (non-hydrogen) atoms. The van der Waals surface area contributed by atoms with Crippen LogP contribution in [0.2, 0.25) is 0 Å². The average Bonchev–Trinajstić information content (AvgIpc) is 2.64. The van der Waals surface area contributed by atoms with Crippen molar-refractivity contribution < 1.29 is 14.3 Å². The molecule has 0 bridgehead atoms. The number of rotatable bonds is 5. The molecule has 0 atom stereocenters. The maximum atomic E-state index is 11.9. The molecule has 3 aromatic rings. The van der Waals surface area contributed by atoms with Gasteiger partial charge < -0.3 is 9.47 Å². The zero-order chi connectivity index (χ0) is 17.6. The van der Waals surface area contributed by atoms with Gasteiger partial charge in [-0.15, -0.1) is 0 Å². The lowest BCUT2D eigenvalue weighted by atomic mass is 10.1. The van der Waals surface area contributed by atoms with Crippen molar-refractivity contribution in [1.82, 2.24) is 0 Å². The second-order valence-electron chi connectivity index (χ2n) is 5.90. The molecule has 0 fully saturated rings. The van der Waals surface area contributed by atoms with Gasteiger partial charge in [0.05, 0.1) is 0 Å². The van der Waals surface area contributed by atoms with Crippen LogP contribution in [0.3, 0.4) is 0 Å². The minimum Gasteiger partial charge on any atom is -0.482 e. The summed E-state index contributed by atoms with van der Waals surface area (Å²) in [7, 11) is 0. The van der Waals surface area contributed by atoms with E-state index >= 15 is 0 Å². The number of aryl methyl sites for hydroxylation is 2. The zero-order valence-electron chi connectivity index (χ0n) is 14.4. The molecule has 3 nitrogen and oxygen atoms in total. The van der Waals surface area contributed by atoms with Crippen LogP contribution in [0, 0.1) is 13.8 Å². The van der Waals surface area contributed by atoms with Crippen LogP contribution in [0.4, 0.5) is 0 Å². The van der Waals surface area contributed by atoms with Crippen LogP contribution in [0.15, 0.2) is 72.8 Å². The third-order valence-electron chi connectivity index (χ3n) is 4.03. The fraction of sp³-hybridized carbons (Fsp3) is 0.136. The van der Waals surface area contributed by atoms with Crippen LogP contribution in [0.1, 0.15) is 11.1 Å². The molecule has 3 rings (SSSR count). The molecule has 0 amide bonds. The van der Waals surface area contributed by atoms with Crippen molar-refractivity contribution in [2.75, 3.05) is 6.61 Å². The van der Waals surface area contributed by atoms with Gasteiger partial charge in [0.15, 0.2) is 6.61 Å². The van der Waals surface area contributed by atoms with E-state index in [1.807, 2.05) is 68.4 Å². The van der Waals surface area contributed by atoms with Gasteiger partial charge in [-0.2, -0.15) is 0 Å². The maximum absolute atomic E-state index is 11.9. The Balaban J connectivity index is 1.56. The van der Waals surface area contributed by atoms with Gasteiger partial charge in [-0.3, -0.25) is 0 Å². The SMILES string of the molecule is Cc1ccc(OC(=O)COc2ccc(-c3ccccc3)cc2)cc1C. The Bertz CT molecular complexity index is 852. The number of ether oxygens (including phenoxy) is 2. The summed E-state index contributed by atoms with van der Waals surface area (Å²) in [6.45, 7) is 3.87. The Hall–Kier alpha value is -3.07. The normalized spacial score (nSPS) is 10.3. The number of esters is 1. The first-order valence-corrected chi connectivity index (χ1v) is 8.18. The van der Waals surface area contributed by atoms with E-state index in [0.717, 1.165) is 22.3 Å². The van der Waals surface area contributed by atoms with Crippen LogP contribution in [-0.4, -0.2) is 12.6 Å². The molecule has 0 aliphatic rings. The van der Waals surface area contributed by atoms with Crippen molar-refractivity contribution in [3.05, 3.63) is 83.9 Å². The lowest BCUT2D eigenvalue weighted by Gasteiger charge is -2.09. The van der Waals surface area contributed by atoms with E-state index in [1.165, 1.54) is 0 Å². The first kappa shape index (κ1) is 16.8. The van der Waals surface area contributed by atoms with Crippen LogP contribution < -0.4 is 9.47 Å². The van der Waals surface area contributed by atoms with Crippen molar-refractivity contribution in [2.45, 2.75) is 13.8 Å². The Morgan fingerprint density at radius 2 is 1.40 bits per heavy atom. The highest BCUT2D eigenvalue weighted by Crippen LogP contribution is 2.22. The molecule has 0 radical (unpaired) electrons. The largest absolute Gasteiger partial charge is 0.482 e. The third kappa shape index (κ3) is 4.48. The Labute approximate surface area is 147 Å². The minimum absolute atomic E-state index is 0.127. The lowest BCUT2D eigenvalue weighted by molar-refractivity contribution is -0.136. The standard InChI is InChI=1S/C22H20O3/c1-16-8-11-21(14-17(16)2)25-22(23)15-24-20-12-9-19(10-13-20)18-6-4-3-5-7-18/h3-14H,15H2,1-2H3. The summed E-state index contributed by atoms with van der Waals surface area (Å²) in [6, 6.07) is 23.3. The number of carbonyl (C=O) groups is 1. The van der Waals surface area contributed by atoms with Crippen LogP contribution in [-0.2, 0) is 4.79 Å². The molecular weight excluding hydrogens is 312 g/mol. The van der Waals surface area contributed by atoms with Gasteiger partial charge in [-0.1, -0.05) is 48.5 Å². The van der Waals surface area contributed by atoms with Gasteiger partial charge in [0.25, 0.3) is 0 Å². The van der Waals surface area contributed by atoms with Crippen molar-refractivity contribution in [1.29, 1.82) is 0 Å². The van der Waals surface area contributed by atoms with Gasteiger partial charge in [0.1, 0.15) is 11.5 Å². The summed E-state index contributed by atoms with van der Waals surface area (Å²) in [5.74, 6) is 0.753. The molecule has 0 aliphatic carbocycles. The predicted octanol–water partition coefficient (Wildman–Crippen LogP) is 4.95. The molecule has 3 aromatic carbocycles. The summed E-state index contributed by atoms with van der Waals surface area (Å²) < 4.78 is 10.8. The minimum atomic E-state index is -0.421. The highest BCUT2D eigenvalue weighted by Gasteiger charge is 2.07. The maximum Gasteiger partial charge on any atom is 0.349 e. The molecule has 0 spiro atoms.